The molecule has 0 aromatic rings. The summed E-state index contributed by atoms with van der Waals surface area (Å²) in [7, 11) is 0. The molecule has 100 valence electrons. The zero-order valence-electron chi connectivity index (χ0n) is 10.3. The largest absolute Gasteiger partial charge is 0.480 e. The van der Waals surface area contributed by atoms with Crippen molar-refractivity contribution in [2.24, 2.45) is 0 Å². The van der Waals surface area contributed by atoms with Crippen LogP contribution in [0.4, 0.5) is 4.79 Å². The summed E-state index contributed by atoms with van der Waals surface area (Å²) in [5.74, 6) is -1.40. The van der Waals surface area contributed by atoms with Crippen molar-refractivity contribution in [2.45, 2.75) is 31.8 Å². The lowest BCUT2D eigenvalue weighted by Gasteiger charge is -2.36. The lowest BCUT2D eigenvalue weighted by Crippen LogP contribution is -2.62. The third kappa shape index (κ3) is 2.39. The van der Waals surface area contributed by atoms with Gasteiger partial charge >= 0.3 is 12.0 Å². The van der Waals surface area contributed by atoms with Gasteiger partial charge in [-0.15, -0.1) is 0 Å². The van der Waals surface area contributed by atoms with E-state index in [-0.39, 0.29) is 31.1 Å². The van der Waals surface area contributed by atoms with E-state index in [4.69, 9.17) is 5.11 Å². The summed E-state index contributed by atoms with van der Waals surface area (Å²) in [4.78, 5) is 37.5. The third-order valence-corrected chi connectivity index (χ3v) is 3.29. The number of amides is 3. The van der Waals surface area contributed by atoms with Crippen LogP contribution >= 0.6 is 0 Å². The maximum atomic E-state index is 12.3. The SMILES string of the molecule is CCN(C(=O)N1CC(=O)NCC1C(=O)O)C1CC1. The molecular weight excluding hydrogens is 238 g/mol. The van der Waals surface area contributed by atoms with E-state index in [0.717, 1.165) is 17.7 Å². The number of carbonyl (C=O) groups is 3. The van der Waals surface area contributed by atoms with Gasteiger partial charge in [0.15, 0.2) is 0 Å². The van der Waals surface area contributed by atoms with Crippen LogP contribution < -0.4 is 5.32 Å². The molecule has 0 radical (unpaired) electrons. The summed E-state index contributed by atoms with van der Waals surface area (Å²) in [6.45, 7) is 2.19. The summed E-state index contributed by atoms with van der Waals surface area (Å²) in [5.41, 5.74) is 0. The second-order valence-corrected chi connectivity index (χ2v) is 4.59. The quantitative estimate of drug-likeness (QED) is 0.709. The molecule has 2 fully saturated rings. The van der Waals surface area contributed by atoms with Gasteiger partial charge in [-0.2, -0.15) is 0 Å². The normalized spacial score (nSPS) is 23.5. The Kier molecular flexibility index (Phi) is 3.40. The van der Waals surface area contributed by atoms with Crippen LogP contribution in [0.3, 0.4) is 0 Å². The van der Waals surface area contributed by atoms with Crippen LogP contribution in [0.2, 0.25) is 0 Å². The summed E-state index contributed by atoms with van der Waals surface area (Å²) < 4.78 is 0. The van der Waals surface area contributed by atoms with E-state index in [2.05, 4.69) is 5.32 Å². The highest BCUT2D eigenvalue weighted by molar-refractivity contribution is 5.90. The predicted molar refractivity (Wildman–Crippen MR) is 61.9 cm³/mol. The minimum absolute atomic E-state index is 0.0257. The van der Waals surface area contributed by atoms with Crippen LogP contribution in [0, 0.1) is 0 Å². The number of carbonyl (C=O) groups excluding carboxylic acids is 2. The topological polar surface area (TPSA) is 90.0 Å². The third-order valence-electron chi connectivity index (χ3n) is 3.29. The number of rotatable bonds is 3. The van der Waals surface area contributed by atoms with E-state index < -0.39 is 12.0 Å². The number of nitrogens with one attached hydrogen (secondary N) is 1. The number of urea groups is 1. The minimum atomic E-state index is -1.09. The lowest BCUT2D eigenvalue weighted by molar-refractivity contribution is -0.144. The Morgan fingerprint density at radius 3 is 2.67 bits per heavy atom. The second-order valence-electron chi connectivity index (χ2n) is 4.59. The summed E-state index contributed by atoms with van der Waals surface area (Å²) in [6.07, 6.45) is 1.91. The first-order chi connectivity index (χ1) is 8.54. The molecule has 2 aliphatic rings. The van der Waals surface area contributed by atoms with Crippen LogP contribution in [-0.2, 0) is 9.59 Å². The Bertz CT molecular complexity index is 380. The van der Waals surface area contributed by atoms with Crippen molar-refractivity contribution < 1.29 is 19.5 Å². The maximum Gasteiger partial charge on any atom is 0.328 e. The van der Waals surface area contributed by atoms with Crippen molar-refractivity contribution in [3.05, 3.63) is 0 Å². The fraction of sp³-hybridized carbons (Fsp3) is 0.727. The minimum Gasteiger partial charge on any atom is -0.480 e. The molecule has 0 aromatic carbocycles. The Morgan fingerprint density at radius 1 is 1.50 bits per heavy atom. The average Bonchev–Trinajstić information content (AvgIpc) is 3.13. The molecule has 1 unspecified atom stereocenters. The van der Waals surface area contributed by atoms with Crippen molar-refractivity contribution in [3.8, 4) is 0 Å². The molecule has 18 heavy (non-hydrogen) atoms. The van der Waals surface area contributed by atoms with Crippen molar-refractivity contribution in [1.82, 2.24) is 15.1 Å². The smallest absolute Gasteiger partial charge is 0.328 e. The monoisotopic (exact) mass is 255 g/mol. The van der Waals surface area contributed by atoms with Gasteiger partial charge in [-0.05, 0) is 19.8 Å². The van der Waals surface area contributed by atoms with Crippen LogP contribution in [0.15, 0.2) is 0 Å². The molecule has 0 spiro atoms. The zero-order valence-corrected chi connectivity index (χ0v) is 10.3. The van der Waals surface area contributed by atoms with Crippen LogP contribution in [0.25, 0.3) is 0 Å². The molecule has 2 N–H and O–H groups in total. The molecular formula is C11H17N3O4. The molecule has 1 heterocycles. The number of nitrogens with zero attached hydrogens (tertiary/aromatic N) is 2. The fourth-order valence-electron chi connectivity index (χ4n) is 2.16. The Morgan fingerprint density at radius 2 is 2.17 bits per heavy atom. The van der Waals surface area contributed by atoms with Gasteiger partial charge in [0.25, 0.3) is 0 Å². The second kappa shape index (κ2) is 4.83. The number of aliphatic carboxylic acids is 1. The lowest BCUT2D eigenvalue weighted by atomic mass is 10.2. The van der Waals surface area contributed by atoms with Crippen molar-refractivity contribution in [3.63, 3.8) is 0 Å². The van der Waals surface area contributed by atoms with Gasteiger partial charge in [-0.3, -0.25) is 9.69 Å². The van der Waals surface area contributed by atoms with Gasteiger partial charge in [-0.1, -0.05) is 0 Å². The van der Waals surface area contributed by atoms with E-state index in [1.807, 2.05) is 6.92 Å². The predicted octanol–water partition coefficient (Wildman–Crippen LogP) is -0.524. The summed E-state index contributed by atoms with van der Waals surface area (Å²) >= 11 is 0. The van der Waals surface area contributed by atoms with Crippen molar-refractivity contribution >= 4 is 17.9 Å². The van der Waals surface area contributed by atoms with E-state index in [0.29, 0.717) is 6.54 Å². The Labute approximate surface area is 105 Å². The molecule has 0 aromatic heterocycles. The average molecular weight is 255 g/mol. The molecule has 1 aliphatic carbocycles. The van der Waals surface area contributed by atoms with E-state index >= 15 is 0 Å². The molecule has 1 saturated carbocycles. The first-order valence-corrected chi connectivity index (χ1v) is 6.11. The van der Waals surface area contributed by atoms with Gasteiger partial charge in [-0.25, -0.2) is 9.59 Å². The zero-order chi connectivity index (χ0) is 13.3. The summed E-state index contributed by atoms with van der Waals surface area (Å²) in [5, 5.41) is 11.6. The molecule has 2 rings (SSSR count). The van der Waals surface area contributed by atoms with E-state index in [9.17, 15) is 14.4 Å². The number of carboxylic acids is 1. The molecule has 1 aliphatic heterocycles. The van der Waals surface area contributed by atoms with Crippen LogP contribution in [0.1, 0.15) is 19.8 Å². The van der Waals surface area contributed by atoms with Gasteiger partial charge in [0, 0.05) is 19.1 Å². The van der Waals surface area contributed by atoms with Crippen LogP contribution in [0.5, 0.6) is 0 Å². The van der Waals surface area contributed by atoms with E-state index in [1.54, 1.807) is 4.90 Å². The number of piperazine rings is 1. The van der Waals surface area contributed by atoms with Gasteiger partial charge < -0.3 is 15.3 Å². The van der Waals surface area contributed by atoms with E-state index in [1.165, 1.54) is 0 Å². The molecule has 1 atom stereocenters. The number of hydrogen-bond acceptors (Lipinski definition) is 3. The van der Waals surface area contributed by atoms with Crippen molar-refractivity contribution in [2.75, 3.05) is 19.6 Å². The highest BCUT2D eigenvalue weighted by Crippen LogP contribution is 2.28. The Balaban J connectivity index is 2.13. The van der Waals surface area contributed by atoms with Crippen LogP contribution in [-0.4, -0.2) is 64.5 Å². The highest BCUT2D eigenvalue weighted by Gasteiger charge is 2.40. The standard InChI is InChI=1S/C11H17N3O4/c1-2-13(7-3-4-7)11(18)14-6-9(15)12-5-8(14)10(16)17/h7-8H,2-6H2,1H3,(H,12,15)(H,16,17). The van der Waals surface area contributed by atoms with Gasteiger partial charge in [0.2, 0.25) is 5.91 Å². The fourth-order valence-corrected chi connectivity index (χ4v) is 2.16. The number of carboxylic acid groups (broad SMARTS) is 1. The highest BCUT2D eigenvalue weighted by atomic mass is 16.4. The number of hydrogen-bond donors (Lipinski definition) is 2. The first kappa shape index (κ1) is 12.7. The molecule has 3 amide bonds. The van der Waals surface area contributed by atoms with Gasteiger partial charge in [0.05, 0.1) is 0 Å². The molecule has 7 nitrogen and oxygen atoms in total. The maximum absolute atomic E-state index is 12.3. The Hall–Kier alpha value is -1.79. The molecule has 1 saturated heterocycles. The van der Waals surface area contributed by atoms with Gasteiger partial charge in [0.1, 0.15) is 12.6 Å². The summed E-state index contributed by atoms with van der Waals surface area (Å²) in [6, 6.07) is -1.10. The molecule has 7 heteroatoms. The van der Waals surface area contributed by atoms with Crippen molar-refractivity contribution in [1.29, 1.82) is 0 Å². The first-order valence-electron chi connectivity index (χ1n) is 6.11. The molecule has 0 bridgehead atoms.